The van der Waals surface area contributed by atoms with Gasteiger partial charge in [0.1, 0.15) is 11.5 Å². The highest BCUT2D eigenvalue weighted by atomic mass is 16.5. The van der Waals surface area contributed by atoms with Crippen molar-refractivity contribution in [2.45, 2.75) is 26.9 Å². The predicted octanol–water partition coefficient (Wildman–Crippen LogP) is 4.46. The molecule has 0 fully saturated rings. The molecule has 3 nitrogen and oxygen atoms in total. The maximum absolute atomic E-state index is 9.84. The molecule has 2 N–H and O–H groups in total. The van der Waals surface area contributed by atoms with Crippen LogP contribution in [0.4, 0.5) is 0 Å². The SMILES string of the molecule is COc1ccc2cc(CNCc3cc(C)c(O)c(C)c3)ccc2c1. The molecule has 3 rings (SSSR count). The molecule has 0 amide bonds. The van der Waals surface area contributed by atoms with Crippen LogP contribution in [0.3, 0.4) is 0 Å². The number of phenols is 1. The van der Waals surface area contributed by atoms with Crippen molar-refractivity contribution >= 4 is 10.8 Å². The Bertz CT molecular complexity index is 848. The number of aryl methyl sites for hydroxylation is 2. The lowest BCUT2D eigenvalue weighted by Crippen LogP contribution is -2.12. The highest BCUT2D eigenvalue weighted by Crippen LogP contribution is 2.23. The summed E-state index contributed by atoms with van der Waals surface area (Å²) in [5, 5.41) is 15.7. The zero-order valence-electron chi connectivity index (χ0n) is 14.4. The van der Waals surface area contributed by atoms with E-state index in [9.17, 15) is 5.11 Å². The third-order valence-corrected chi connectivity index (χ3v) is 4.32. The minimum absolute atomic E-state index is 0.392. The maximum Gasteiger partial charge on any atom is 0.121 e. The molecule has 0 aliphatic carbocycles. The molecule has 0 aromatic heterocycles. The molecule has 0 bridgehead atoms. The summed E-state index contributed by atoms with van der Waals surface area (Å²) in [7, 11) is 1.69. The van der Waals surface area contributed by atoms with E-state index in [1.54, 1.807) is 7.11 Å². The molecule has 24 heavy (non-hydrogen) atoms. The summed E-state index contributed by atoms with van der Waals surface area (Å²) in [6, 6.07) is 16.7. The van der Waals surface area contributed by atoms with E-state index in [2.05, 4.69) is 35.6 Å². The van der Waals surface area contributed by atoms with Gasteiger partial charge in [-0.2, -0.15) is 0 Å². The Hall–Kier alpha value is -2.52. The van der Waals surface area contributed by atoms with E-state index in [1.807, 2.05) is 32.0 Å². The second-order valence-corrected chi connectivity index (χ2v) is 6.23. The third kappa shape index (κ3) is 3.52. The van der Waals surface area contributed by atoms with Gasteiger partial charge in [0.15, 0.2) is 0 Å². The first-order chi connectivity index (χ1) is 11.6. The lowest BCUT2D eigenvalue weighted by Gasteiger charge is -2.10. The molecular formula is C21H23NO2. The molecule has 3 heteroatoms. The summed E-state index contributed by atoms with van der Waals surface area (Å²) < 4.78 is 5.26. The summed E-state index contributed by atoms with van der Waals surface area (Å²) in [6.07, 6.45) is 0. The summed E-state index contributed by atoms with van der Waals surface area (Å²) in [5.41, 5.74) is 4.28. The second-order valence-electron chi connectivity index (χ2n) is 6.23. The van der Waals surface area contributed by atoms with E-state index >= 15 is 0 Å². The van der Waals surface area contributed by atoms with Gasteiger partial charge in [-0.05, 0) is 65.1 Å². The van der Waals surface area contributed by atoms with Crippen LogP contribution in [0.15, 0.2) is 48.5 Å². The van der Waals surface area contributed by atoms with Crippen molar-refractivity contribution in [1.82, 2.24) is 5.32 Å². The second kappa shape index (κ2) is 6.93. The van der Waals surface area contributed by atoms with Gasteiger partial charge in [-0.15, -0.1) is 0 Å². The molecule has 124 valence electrons. The van der Waals surface area contributed by atoms with Gasteiger partial charge in [0.25, 0.3) is 0 Å². The van der Waals surface area contributed by atoms with Gasteiger partial charge in [-0.3, -0.25) is 0 Å². The lowest BCUT2D eigenvalue weighted by atomic mass is 10.0. The highest BCUT2D eigenvalue weighted by molar-refractivity contribution is 5.84. The van der Waals surface area contributed by atoms with Gasteiger partial charge < -0.3 is 15.2 Å². The Labute approximate surface area is 142 Å². The fourth-order valence-electron chi connectivity index (χ4n) is 3.01. The topological polar surface area (TPSA) is 41.5 Å². The first-order valence-electron chi connectivity index (χ1n) is 8.13. The average molecular weight is 321 g/mol. The minimum atomic E-state index is 0.392. The summed E-state index contributed by atoms with van der Waals surface area (Å²) in [4.78, 5) is 0. The molecule has 3 aromatic carbocycles. The third-order valence-electron chi connectivity index (χ3n) is 4.32. The van der Waals surface area contributed by atoms with Crippen LogP contribution < -0.4 is 10.1 Å². The fourth-order valence-corrected chi connectivity index (χ4v) is 3.01. The Balaban J connectivity index is 1.67. The summed E-state index contributed by atoms with van der Waals surface area (Å²) in [6.45, 7) is 5.45. The van der Waals surface area contributed by atoms with E-state index in [0.29, 0.717) is 5.75 Å². The van der Waals surface area contributed by atoms with Crippen molar-refractivity contribution in [2.24, 2.45) is 0 Å². The molecule has 0 saturated carbocycles. The van der Waals surface area contributed by atoms with E-state index in [-0.39, 0.29) is 0 Å². The van der Waals surface area contributed by atoms with Gasteiger partial charge in [0.2, 0.25) is 0 Å². The monoisotopic (exact) mass is 321 g/mol. The van der Waals surface area contributed by atoms with Crippen molar-refractivity contribution < 1.29 is 9.84 Å². The van der Waals surface area contributed by atoms with Crippen LogP contribution in [0.5, 0.6) is 11.5 Å². The van der Waals surface area contributed by atoms with Crippen molar-refractivity contribution in [2.75, 3.05) is 7.11 Å². The fraction of sp³-hybridized carbons (Fsp3) is 0.238. The number of hydrogen-bond donors (Lipinski definition) is 2. The maximum atomic E-state index is 9.84. The number of nitrogens with one attached hydrogen (secondary N) is 1. The van der Waals surface area contributed by atoms with E-state index in [0.717, 1.165) is 30.0 Å². The zero-order valence-corrected chi connectivity index (χ0v) is 14.4. The Morgan fingerprint density at radius 2 is 1.46 bits per heavy atom. The van der Waals surface area contributed by atoms with Crippen molar-refractivity contribution in [3.63, 3.8) is 0 Å². The lowest BCUT2D eigenvalue weighted by molar-refractivity contribution is 0.415. The molecular weight excluding hydrogens is 298 g/mol. The van der Waals surface area contributed by atoms with Crippen LogP contribution in [-0.2, 0) is 13.1 Å². The smallest absolute Gasteiger partial charge is 0.121 e. The van der Waals surface area contributed by atoms with Crippen LogP contribution in [0.1, 0.15) is 22.3 Å². The van der Waals surface area contributed by atoms with Gasteiger partial charge >= 0.3 is 0 Å². The van der Waals surface area contributed by atoms with Crippen LogP contribution in [0.25, 0.3) is 10.8 Å². The van der Waals surface area contributed by atoms with Gasteiger partial charge in [-0.25, -0.2) is 0 Å². The van der Waals surface area contributed by atoms with Gasteiger partial charge in [-0.1, -0.05) is 30.3 Å². The molecule has 0 aliphatic heterocycles. The normalized spacial score (nSPS) is 11.0. The van der Waals surface area contributed by atoms with E-state index in [1.165, 1.54) is 21.9 Å². The Kier molecular flexibility index (Phi) is 4.72. The first kappa shape index (κ1) is 16.3. The Morgan fingerprint density at radius 1 is 0.833 bits per heavy atom. The predicted molar refractivity (Wildman–Crippen MR) is 98.6 cm³/mol. The number of hydrogen-bond acceptors (Lipinski definition) is 3. The molecule has 0 aliphatic rings. The number of methoxy groups -OCH3 is 1. The van der Waals surface area contributed by atoms with Crippen LogP contribution in [-0.4, -0.2) is 12.2 Å². The molecule has 0 spiro atoms. The molecule has 0 saturated heterocycles. The van der Waals surface area contributed by atoms with Crippen LogP contribution in [0.2, 0.25) is 0 Å². The van der Waals surface area contributed by atoms with E-state index in [4.69, 9.17) is 4.74 Å². The van der Waals surface area contributed by atoms with Gasteiger partial charge in [0.05, 0.1) is 7.11 Å². The quantitative estimate of drug-likeness (QED) is 0.729. The number of ether oxygens (including phenoxy) is 1. The standard InChI is InChI=1S/C21H23NO2/c1-14-8-17(9-15(2)21(14)23)13-22-12-16-4-5-19-11-20(24-3)7-6-18(19)10-16/h4-11,22-23H,12-13H2,1-3H3. The molecule has 0 unspecified atom stereocenters. The summed E-state index contributed by atoms with van der Waals surface area (Å²) in [5.74, 6) is 1.27. The number of phenolic OH excluding ortho intramolecular Hbond substituents is 1. The summed E-state index contributed by atoms with van der Waals surface area (Å²) >= 11 is 0. The van der Waals surface area contributed by atoms with Crippen molar-refractivity contribution in [3.8, 4) is 11.5 Å². The minimum Gasteiger partial charge on any atom is -0.507 e. The van der Waals surface area contributed by atoms with Crippen molar-refractivity contribution in [3.05, 3.63) is 70.8 Å². The average Bonchev–Trinajstić information content (AvgIpc) is 2.59. The number of fused-ring (bicyclic) bond motifs is 1. The molecule has 0 radical (unpaired) electrons. The highest BCUT2D eigenvalue weighted by Gasteiger charge is 2.04. The number of aromatic hydroxyl groups is 1. The number of benzene rings is 3. The Morgan fingerprint density at radius 3 is 2.17 bits per heavy atom. The molecule has 0 atom stereocenters. The zero-order chi connectivity index (χ0) is 17.1. The van der Waals surface area contributed by atoms with E-state index < -0.39 is 0 Å². The largest absolute Gasteiger partial charge is 0.507 e. The van der Waals surface area contributed by atoms with Crippen LogP contribution in [0, 0.1) is 13.8 Å². The molecule has 3 aromatic rings. The van der Waals surface area contributed by atoms with Crippen molar-refractivity contribution in [1.29, 1.82) is 0 Å². The molecule has 0 heterocycles. The number of rotatable bonds is 5. The van der Waals surface area contributed by atoms with Crippen LogP contribution >= 0.6 is 0 Å². The first-order valence-corrected chi connectivity index (χ1v) is 8.13. The van der Waals surface area contributed by atoms with Gasteiger partial charge in [0, 0.05) is 13.1 Å².